The first-order valence-corrected chi connectivity index (χ1v) is 21.4. The van der Waals surface area contributed by atoms with Crippen LogP contribution in [0.15, 0.2) is 60.8 Å². The molecule has 0 aliphatic carbocycles. The van der Waals surface area contributed by atoms with Crippen molar-refractivity contribution in [3.05, 3.63) is 60.8 Å². The molecule has 0 spiro atoms. The van der Waals surface area contributed by atoms with Gasteiger partial charge in [-0.3, -0.25) is 9.59 Å². The van der Waals surface area contributed by atoms with Crippen LogP contribution in [0.2, 0.25) is 0 Å². The van der Waals surface area contributed by atoms with Crippen LogP contribution in [0, 0.1) is 0 Å². The van der Waals surface area contributed by atoms with E-state index in [4.69, 9.17) is 18.9 Å². The van der Waals surface area contributed by atoms with E-state index in [-0.39, 0.29) is 26.1 Å². The second-order valence-corrected chi connectivity index (χ2v) is 14.4. The normalized spacial score (nSPS) is 21.2. The summed E-state index contributed by atoms with van der Waals surface area (Å²) < 4.78 is 22.1. The van der Waals surface area contributed by atoms with Crippen LogP contribution in [0.1, 0.15) is 155 Å². The molecule has 10 heteroatoms. The molecule has 55 heavy (non-hydrogen) atoms. The van der Waals surface area contributed by atoms with Gasteiger partial charge in [-0.2, -0.15) is 0 Å². The third kappa shape index (κ3) is 27.6. The van der Waals surface area contributed by atoms with Crippen molar-refractivity contribution >= 4 is 11.9 Å². The SMILES string of the molecule is CCCC/C=C/CCCCCCCC(=O)OC[C@H](CO[C@@H]1O[C@H](CO)[C@H](O)C(O)C1O)OC(=O)CCCCC/C=C/C/C=C/C/C=C/C/C=C/CCCCC. The van der Waals surface area contributed by atoms with Crippen LogP contribution in [0.5, 0.6) is 0 Å². The molecule has 0 aromatic carbocycles. The number of esters is 2. The highest BCUT2D eigenvalue weighted by molar-refractivity contribution is 5.70. The molecule has 0 aromatic rings. The number of unbranched alkanes of at least 4 members (excludes halogenated alkanes) is 13. The number of aliphatic hydroxyl groups excluding tert-OH is 4. The number of allylic oxidation sites excluding steroid dienone is 10. The van der Waals surface area contributed by atoms with Crippen molar-refractivity contribution in [1.82, 2.24) is 0 Å². The average molecular weight is 777 g/mol. The molecule has 1 saturated heterocycles. The topological polar surface area (TPSA) is 152 Å². The fraction of sp³-hybridized carbons (Fsp3) is 0.733. The summed E-state index contributed by atoms with van der Waals surface area (Å²) in [5.41, 5.74) is 0. The number of carbonyl (C=O) groups excluding carboxylic acids is 2. The van der Waals surface area contributed by atoms with Crippen LogP contribution in [0.3, 0.4) is 0 Å². The summed E-state index contributed by atoms with van der Waals surface area (Å²) in [5, 5.41) is 40.0. The summed E-state index contributed by atoms with van der Waals surface area (Å²) >= 11 is 0. The maximum Gasteiger partial charge on any atom is 0.306 e. The highest BCUT2D eigenvalue weighted by Gasteiger charge is 2.44. The molecule has 0 saturated carbocycles. The number of rotatable bonds is 34. The van der Waals surface area contributed by atoms with Gasteiger partial charge in [-0.15, -0.1) is 0 Å². The lowest BCUT2D eigenvalue weighted by Crippen LogP contribution is -2.59. The van der Waals surface area contributed by atoms with Crippen molar-refractivity contribution in [3.8, 4) is 0 Å². The van der Waals surface area contributed by atoms with E-state index in [1.807, 2.05) is 0 Å². The predicted octanol–water partition coefficient (Wildman–Crippen LogP) is 8.66. The van der Waals surface area contributed by atoms with Gasteiger partial charge in [-0.05, 0) is 77.0 Å². The Kier molecular flexibility index (Phi) is 32.8. The zero-order chi connectivity index (χ0) is 40.2. The van der Waals surface area contributed by atoms with Gasteiger partial charge in [-0.1, -0.05) is 126 Å². The van der Waals surface area contributed by atoms with E-state index in [0.717, 1.165) is 77.0 Å². The smallest absolute Gasteiger partial charge is 0.306 e. The maximum atomic E-state index is 12.7. The Labute approximate surface area is 332 Å². The van der Waals surface area contributed by atoms with Crippen LogP contribution < -0.4 is 0 Å². The van der Waals surface area contributed by atoms with Crippen molar-refractivity contribution in [2.75, 3.05) is 19.8 Å². The van der Waals surface area contributed by atoms with Crippen LogP contribution in [0.25, 0.3) is 0 Å². The fourth-order valence-corrected chi connectivity index (χ4v) is 5.92. The van der Waals surface area contributed by atoms with E-state index in [1.54, 1.807) is 0 Å². The molecule has 1 aliphatic heterocycles. The molecule has 1 heterocycles. The summed E-state index contributed by atoms with van der Waals surface area (Å²) in [6, 6.07) is 0. The van der Waals surface area contributed by atoms with Gasteiger partial charge in [0.1, 0.15) is 31.0 Å². The summed E-state index contributed by atoms with van der Waals surface area (Å²) in [6.07, 6.45) is 35.1. The molecule has 0 aromatic heterocycles. The average Bonchev–Trinajstić information content (AvgIpc) is 3.18. The molecular weight excluding hydrogens is 700 g/mol. The van der Waals surface area contributed by atoms with Crippen molar-refractivity contribution in [2.24, 2.45) is 0 Å². The third-order valence-electron chi connectivity index (χ3n) is 9.38. The maximum absolute atomic E-state index is 12.7. The van der Waals surface area contributed by atoms with E-state index < -0.39 is 55.4 Å². The molecule has 1 fully saturated rings. The summed E-state index contributed by atoms with van der Waals surface area (Å²) in [5.74, 6) is -0.860. The highest BCUT2D eigenvalue weighted by Crippen LogP contribution is 2.22. The first-order chi connectivity index (χ1) is 26.8. The lowest BCUT2D eigenvalue weighted by molar-refractivity contribution is -0.305. The number of hydrogen-bond donors (Lipinski definition) is 4. The Balaban J connectivity index is 2.39. The second kappa shape index (κ2) is 35.8. The van der Waals surface area contributed by atoms with E-state index in [1.165, 1.54) is 38.5 Å². The fourth-order valence-electron chi connectivity index (χ4n) is 5.92. The minimum atomic E-state index is -1.60. The van der Waals surface area contributed by atoms with Gasteiger partial charge < -0.3 is 39.4 Å². The van der Waals surface area contributed by atoms with Crippen LogP contribution in [-0.2, 0) is 28.5 Å². The van der Waals surface area contributed by atoms with Gasteiger partial charge >= 0.3 is 11.9 Å². The van der Waals surface area contributed by atoms with Crippen LogP contribution >= 0.6 is 0 Å². The molecule has 1 aliphatic rings. The number of carbonyl (C=O) groups is 2. The van der Waals surface area contributed by atoms with Crippen molar-refractivity contribution < 1.29 is 49.0 Å². The Bertz CT molecular complexity index is 1080. The second-order valence-electron chi connectivity index (χ2n) is 14.4. The minimum Gasteiger partial charge on any atom is -0.462 e. The van der Waals surface area contributed by atoms with Crippen molar-refractivity contribution in [1.29, 1.82) is 0 Å². The molecule has 2 unspecified atom stereocenters. The van der Waals surface area contributed by atoms with Crippen LogP contribution in [0.4, 0.5) is 0 Å². The monoisotopic (exact) mass is 777 g/mol. The molecule has 6 atom stereocenters. The van der Waals surface area contributed by atoms with Gasteiger partial charge in [-0.25, -0.2) is 0 Å². The molecule has 10 nitrogen and oxygen atoms in total. The molecule has 0 bridgehead atoms. The van der Waals surface area contributed by atoms with Crippen LogP contribution in [-0.4, -0.2) is 89.0 Å². The number of aliphatic hydroxyl groups is 4. The van der Waals surface area contributed by atoms with Gasteiger partial charge in [0.05, 0.1) is 13.2 Å². The molecular formula is C45H76O10. The lowest BCUT2D eigenvalue weighted by Gasteiger charge is -2.39. The van der Waals surface area contributed by atoms with Crippen molar-refractivity contribution in [3.63, 3.8) is 0 Å². The minimum absolute atomic E-state index is 0.188. The predicted molar refractivity (Wildman–Crippen MR) is 219 cm³/mol. The molecule has 4 N–H and O–H groups in total. The molecule has 1 rings (SSSR count). The van der Waals surface area contributed by atoms with Gasteiger partial charge in [0, 0.05) is 12.8 Å². The quantitative estimate of drug-likeness (QED) is 0.0284. The third-order valence-corrected chi connectivity index (χ3v) is 9.38. The zero-order valence-corrected chi connectivity index (χ0v) is 34.2. The first kappa shape index (κ1) is 50.4. The van der Waals surface area contributed by atoms with Gasteiger partial charge in [0.25, 0.3) is 0 Å². The standard InChI is InChI=1S/C45H76O10/c1-3-5-7-9-11-13-15-16-17-18-19-20-21-22-24-26-28-30-32-34-41(48)54-38(37-53-45-44(51)43(50)42(49)39(35-46)55-45)36-52-40(47)33-31-29-27-25-23-14-12-10-8-6-4-2/h10-13,16-17,19-20,22,24,38-39,42-46,49-51H,3-9,14-15,18,21,23,25-37H2,1-2H3/b12-10+,13-11+,17-16+,20-19+,24-22+/t38-,39-,42+,43?,44?,45-/m1/s1. The molecule has 0 amide bonds. The Morgan fingerprint density at radius 2 is 1.04 bits per heavy atom. The highest BCUT2D eigenvalue weighted by atomic mass is 16.7. The lowest BCUT2D eigenvalue weighted by atomic mass is 9.99. The number of ether oxygens (including phenoxy) is 4. The van der Waals surface area contributed by atoms with E-state index in [9.17, 15) is 30.0 Å². The molecule has 0 radical (unpaired) electrons. The first-order valence-electron chi connectivity index (χ1n) is 21.4. The zero-order valence-electron chi connectivity index (χ0n) is 34.2. The summed E-state index contributed by atoms with van der Waals surface area (Å²) in [6.45, 7) is 3.29. The Morgan fingerprint density at radius 3 is 1.62 bits per heavy atom. The Morgan fingerprint density at radius 1 is 0.564 bits per heavy atom. The largest absolute Gasteiger partial charge is 0.462 e. The van der Waals surface area contributed by atoms with E-state index >= 15 is 0 Å². The van der Waals surface area contributed by atoms with Crippen molar-refractivity contribution in [2.45, 2.75) is 192 Å². The van der Waals surface area contributed by atoms with E-state index in [0.29, 0.717) is 12.8 Å². The van der Waals surface area contributed by atoms with Gasteiger partial charge in [0.15, 0.2) is 12.4 Å². The van der Waals surface area contributed by atoms with E-state index in [2.05, 4.69) is 74.6 Å². The Hall–Kier alpha value is -2.60. The summed E-state index contributed by atoms with van der Waals surface area (Å²) in [4.78, 5) is 25.2. The number of hydrogen-bond acceptors (Lipinski definition) is 10. The molecule has 316 valence electrons. The summed E-state index contributed by atoms with van der Waals surface area (Å²) in [7, 11) is 0. The van der Waals surface area contributed by atoms with Gasteiger partial charge in [0.2, 0.25) is 0 Å².